The van der Waals surface area contributed by atoms with Gasteiger partial charge < -0.3 is 9.84 Å². The number of ether oxygens (including phenoxy) is 1. The van der Waals surface area contributed by atoms with Crippen molar-refractivity contribution in [1.29, 1.82) is 0 Å². The molecule has 1 heterocycles. The van der Waals surface area contributed by atoms with E-state index in [4.69, 9.17) is 4.74 Å². The van der Waals surface area contributed by atoms with Gasteiger partial charge in [-0.3, -0.25) is 0 Å². The maximum atomic E-state index is 10.2. The molecule has 1 atom stereocenters. The monoisotopic (exact) mass is 276 g/mol. The van der Waals surface area contributed by atoms with Crippen molar-refractivity contribution < 1.29 is 9.84 Å². The second-order valence-electron chi connectivity index (χ2n) is 7.24. The van der Waals surface area contributed by atoms with Gasteiger partial charge in [-0.2, -0.15) is 0 Å². The highest BCUT2D eigenvalue weighted by molar-refractivity contribution is 5.52. The minimum atomic E-state index is -0.482. The Morgan fingerprint density at radius 1 is 1.10 bits per heavy atom. The van der Waals surface area contributed by atoms with Crippen LogP contribution in [-0.2, 0) is 10.8 Å². The summed E-state index contributed by atoms with van der Waals surface area (Å²) in [5, 5.41) is 10.2. The predicted octanol–water partition coefficient (Wildman–Crippen LogP) is 4.49. The quantitative estimate of drug-likeness (QED) is 0.878. The van der Waals surface area contributed by atoms with Crippen molar-refractivity contribution in [2.24, 2.45) is 0 Å². The number of hydrogen-bond donors (Lipinski definition) is 1. The summed E-state index contributed by atoms with van der Waals surface area (Å²) in [4.78, 5) is 0. The van der Waals surface area contributed by atoms with Crippen molar-refractivity contribution in [3.8, 4) is 5.75 Å². The van der Waals surface area contributed by atoms with Crippen LogP contribution in [0.4, 0.5) is 0 Å². The van der Waals surface area contributed by atoms with Crippen LogP contribution in [0.2, 0.25) is 0 Å². The van der Waals surface area contributed by atoms with E-state index >= 15 is 0 Å². The van der Waals surface area contributed by atoms with E-state index in [-0.39, 0.29) is 10.8 Å². The zero-order chi connectivity index (χ0) is 15.1. The van der Waals surface area contributed by atoms with E-state index in [9.17, 15) is 5.11 Å². The topological polar surface area (TPSA) is 29.5 Å². The van der Waals surface area contributed by atoms with Crippen LogP contribution in [0.3, 0.4) is 0 Å². The standard InChI is InChI=1S/C18H28O2/c1-7-17(3,4)12-9-13-15(19)11-20-16(13)14(10-12)18(5,6)8-2/h9-10,15,19H,7-8,11H2,1-6H3. The fourth-order valence-electron chi connectivity index (χ4n) is 2.60. The van der Waals surface area contributed by atoms with Crippen LogP contribution in [0.25, 0.3) is 0 Å². The van der Waals surface area contributed by atoms with Crippen molar-refractivity contribution in [3.05, 3.63) is 28.8 Å². The summed E-state index contributed by atoms with van der Waals surface area (Å²) >= 11 is 0. The second kappa shape index (κ2) is 5.07. The molecule has 1 aliphatic heterocycles. The van der Waals surface area contributed by atoms with E-state index in [2.05, 4.69) is 53.7 Å². The van der Waals surface area contributed by atoms with Crippen LogP contribution in [0.15, 0.2) is 12.1 Å². The summed E-state index contributed by atoms with van der Waals surface area (Å²) < 4.78 is 5.78. The third-order valence-corrected chi connectivity index (χ3v) is 5.14. The third-order valence-electron chi connectivity index (χ3n) is 5.14. The highest BCUT2D eigenvalue weighted by atomic mass is 16.5. The third kappa shape index (κ3) is 2.46. The lowest BCUT2D eigenvalue weighted by atomic mass is 9.75. The first-order valence-corrected chi connectivity index (χ1v) is 7.72. The summed E-state index contributed by atoms with van der Waals surface area (Å²) in [6, 6.07) is 4.44. The molecule has 0 saturated carbocycles. The molecule has 0 fully saturated rings. The van der Waals surface area contributed by atoms with Crippen molar-refractivity contribution in [3.63, 3.8) is 0 Å². The Bertz CT molecular complexity index is 500. The Balaban J connectivity index is 2.65. The molecular formula is C18H28O2. The minimum absolute atomic E-state index is 0.0635. The molecular weight excluding hydrogens is 248 g/mol. The number of benzene rings is 1. The van der Waals surface area contributed by atoms with Crippen LogP contribution < -0.4 is 4.74 Å². The van der Waals surface area contributed by atoms with Crippen molar-refractivity contribution in [2.75, 3.05) is 6.61 Å². The maximum Gasteiger partial charge on any atom is 0.129 e. The van der Waals surface area contributed by atoms with Crippen LogP contribution >= 0.6 is 0 Å². The largest absolute Gasteiger partial charge is 0.490 e. The van der Waals surface area contributed by atoms with E-state index in [1.165, 1.54) is 11.1 Å². The molecule has 2 heteroatoms. The Kier molecular flexibility index (Phi) is 3.90. The molecule has 20 heavy (non-hydrogen) atoms. The molecule has 2 nitrogen and oxygen atoms in total. The van der Waals surface area contributed by atoms with Gasteiger partial charge in [-0.1, -0.05) is 47.6 Å². The molecule has 112 valence electrons. The van der Waals surface area contributed by atoms with Crippen LogP contribution in [0, 0.1) is 0 Å². The van der Waals surface area contributed by atoms with Gasteiger partial charge in [0.05, 0.1) is 0 Å². The van der Waals surface area contributed by atoms with Gasteiger partial charge in [0.2, 0.25) is 0 Å². The lowest BCUT2D eigenvalue weighted by Gasteiger charge is -2.30. The van der Waals surface area contributed by atoms with Crippen molar-refractivity contribution >= 4 is 0 Å². The molecule has 0 saturated heterocycles. The van der Waals surface area contributed by atoms with E-state index in [0.717, 1.165) is 24.2 Å². The summed E-state index contributed by atoms with van der Waals surface area (Å²) in [6.07, 6.45) is 1.65. The molecule has 1 N–H and O–H groups in total. The summed E-state index contributed by atoms with van der Waals surface area (Å²) in [5.41, 5.74) is 3.70. The van der Waals surface area contributed by atoms with Gasteiger partial charge in [-0.25, -0.2) is 0 Å². The highest BCUT2D eigenvalue weighted by Crippen LogP contribution is 2.45. The molecule has 0 radical (unpaired) electrons. The SMILES string of the molecule is CCC(C)(C)c1cc2c(c(C(C)(C)CC)c1)OCC2O. The smallest absolute Gasteiger partial charge is 0.129 e. The van der Waals surface area contributed by atoms with E-state index in [1.807, 2.05) is 0 Å². The fourth-order valence-corrected chi connectivity index (χ4v) is 2.60. The molecule has 2 rings (SSSR count). The Labute approximate surface area is 123 Å². The first kappa shape index (κ1) is 15.4. The van der Waals surface area contributed by atoms with Crippen LogP contribution in [0.1, 0.15) is 77.2 Å². The van der Waals surface area contributed by atoms with Gasteiger partial charge in [0.15, 0.2) is 0 Å². The number of aliphatic hydroxyl groups excluding tert-OH is 1. The van der Waals surface area contributed by atoms with E-state index in [1.54, 1.807) is 0 Å². The fraction of sp³-hybridized carbons (Fsp3) is 0.667. The molecule has 0 amide bonds. The van der Waals surface area contributed by atoms with Gasteiger partial charge in [0.25, 0.3) is 0 Å². The minimum Gasteiger partial charge on any atom is -0.490 e. The zero-order valence-corrected chi connectivity index (χ0v) is 13.7. The predicted molar refractivity (Wildman–Crippen MR) is 83.5 cm³/mol. The lowest BCUT2D eigenvalue weighted by Crippen LogP contribution is -2.21. The molecule has 1 unspecified atom stereocenters. The normalized spacial score (nSPS) is 18.9. The van der Waals surface area contributed by atoms with Gasteiger partial charge in [0.1, 0.15) is 18.5 Å². The number of aliphatic hydroxyl groups is 1. The highest BCUT2D eigenvalue weighted by Gasteiger charge is 2.33. The average molecular weight is 276 g/mol. The molecule has 1 aromatic carbocycles. The molecule has 0 bridgehead atoms. The first-order valence-electron chi connectivity index (χ1n) is 7.72. The van der Waals surface area contributed by atoms with Gasteiger partial charge in [-0.05, 0) is 35.3 Å². The molecule has 1 aromatic rings. The molecule has 0 spiro atoms. The van der Waals surface area contributed by atoms with Gasteiger partial charge >= 0.3 is 0 Å². The van der Waals surface area contributed by atoms with Crippen LogP contribution in [0.5, 0.6) is 5.75 Å². The Morgan fingerprint density at radius 2 is 1.70 bits per heavy atom. The summed E-state index contributed by atoms with van der Waals surface area (Å²) in [6.45, 7) is 13.8. The van der Waals surface area contributed by atoms with Gasteiger partial charge in [0, 0.05) is 11.1 Å². The average Bonchev–Trinajstić information content (AvgIpc) is 2.79. The summed E-state index contributed by atoms with van der Waals surface area (Å²) in [7, 11) is 0. The number of rotatable bonds is 4. The van der Waals surface area contributed by atoms with Crippen molar-refractivity contribution in [2.45, 2.75) is 71.3 Å². The molecule has 0 aliphatic carbocycles. The summed E-state index contributed by atoms with van der Waals surface area (Å²) in [5.74, 6) is 0.917. The lowest BCUT2D eigenvalue weighted by molar-refractivity contribution is 0.140. The number of fused-ring (bicyclic) bond motifs is 1. The molecule has 0 aromatic heterocycles. The Hall–Kier alpha value is -1.02. The molecule has 1 aliphatic rings. The zero-order valence-electron chi connectivity index (χ0n) is 13.7. The van der Waals surface area contributed by atoms with Gasteiger partial charge in [-0.15, -0.1) is 0 Å². The van der Waals surface area contributed by atoms with E-state index < -0.39 is 6.10 Å². The Morgan fingerprint density at radius 3 is 2.25 bits per heavy atom. The first-order chi connectivity index (χ1) is 9.23. The van der Waals surface area contributed by atoms with Crippen molar-refractivity contribution in [1.82, 2.24) is 0 Å². The van der Waals surface area contributed by atoms with E-state index in [0.29, 0.717) is 6.61 Å². The number of hydrogen-bond acceptors (Lipinski definition) is 2. The van der Waals surface area contributed by atoms with Crippen LogP contribution in [-0.4, -0.2) is 11.7 Å². The maximum absolute atomic E-state index is 10.2. The second-order valence-corrected chi connectivity index (χ2v) is 7.24.